The molecule has 38 heavy (non-hydrogen) atoms. The minimum Gasteiger partial charge on any atom is -0.464 e. The van der Waals surface area contributed by atoms with Crippen molar-refractivity contribution in [1.82, 2.24) is 14.6 Å². The number of para-hydroxylation sites is 1. The van der Waals surface area contributed by atoms with Crippen molar-refractivity contribution in [2.45, 2.75) is 43.7 Å². The van der Waals surface area contributed by atoms with Crippen LogP contribution in [0.5, 0.6) is 5.75 Å². The fraction of sp³-hybridized carbons (Fsp3) is 0.455. The van der Waals surface area contributed by atoms with Crippen molar-refractivity contribution in [1.29, 1.82) is 0 Å². The van der Waals surface area contributed by atoms with E-state index in [-0.39, 0.29) is 24.6 Å². The van der Waals surface area contributed by atoms with E-state index in [1.807, 2.05) is 0 Å². The number of anilines is 1. The lowest BCUT2D eigenvalue weighted by Crippen LogP contribution is -2.44. The van der Waals surface area contributed by atoms with E-state index in [4.69, 9.17) is 23.3 Å². The highest BCUT2D eigenvalue weighted by molar-refractivity contribution is 7.52. The molecule has 13 nitrogen and oxygen atoms in total. The number of nitrogens with zero attached hydrogens (tertiary/aromatic N) is 2. The molecule has 16 heteroatoms. The second-order valence-electron chi connectivity index (χ2n) is 8.32. The molecule has 0 spiro atoms. The molecule has 2 N–H and O–H groups in total. The fourth-order valence-electron chi connectivity index (χ4n) is 3.84. The zero-order chi connectivity index (χ0) is 27.5. The van der Waals surface area contributed by atoms with Crippen LogP contribution in [-0.4, -0.2) is 65.9 Å². The first kappa shape index (κ1) is 27.6. The van der Waals surface area contributed by atoms with Gasteiger partial charge in [-0.3, -0.25) is 18.7 Å². The Labute approximate surface area is 215 Å². The molecule has 2 aliphatic rings. The monoisotopic (exact) mass is 558 g/mol. The molecule has 0 radical (unpaired) electrons. The van der Waals surface area contributed by atoms with E-state index < -0.39 is 62.4 Å². The molecular formula is C22H25F2N4O9P. The molecule has 0 saturated carbocycles. The summed E-state index contributed by atoms with van der Waals surface area (Å²) in [6.45, 7) is 0.165. The lowest BCUT2D eigenvalue weighted by Gasteiger charge is -2.25. The van der Waals surface area contributed by atoms with E-state index in [0.29, 0.717) is 4.57 Å². The van der Waals surface area contributed by atoms with Crippen molar-refractivity contribution >= 4 is 25.5 Å². The largest absolute Gasteiger partial charge is 0.464 e. The normalized spacial score (nSPS) is 25.8. The van der Waals surface area contributed by atoms with E-state index in [1.54, 1.807) is 18.2 Å². The average Bonchev–Trinajstić information content (AvgIpc) is 3.37. The first-order valence-corrected chi connectivity index (χ1v) is 13.0. The highest BCUT2D eigenvalue weighted by Gasteiger charge is 2.62. The van der Waals surface area contributed by atoms with Crippen LogP contribution in [0, 0.1) is 0 Å². The molecule has 2 aliphatic heterocycles. The third kappa shape index (κ3) is 6.01. The van der Waals surface area contributed by atoms with Crippen molar-refractivity contribution in [3.63, 3.8) is 0 Å². The molecule has 5 atom stereocenters. The van der Waals surface area contributed by atoms with Gasteiger partial charge in [-0.15, -0.1) is 0 Å². The fourth-order valence-corrected chi connectivity index (χ4v) is 5.38. The van der Waals surface area contributed by atoms with Crippen LogP contribution >= 0.6 is 7.75 Å². The zero-order valence-electron chi connectivity index (χ0n) is 20.2. The molecule has 2 aromatic rings. The van der Waals surface area contributed by atoms with E-state index in [9.17, 15) is 18.9 Å². The van der Waals surface area contributed by atoms with Gasteiger partial charge in [0.2, 0.25) is 6.23 Å². The Bertz CT molecular complexity index is 1280. The molecule has 0 aliphatic carbocycles. The summed E-state index contributed by atoms with van der Waals surface area (Å²) in [4.78, 5) is 39.6. The molecule has 0 amide bonds. The van der Waals surface area contributed by atoms with E-state index in [1.165, 1.54) is 25.2 Å². The maximum absolute atomic E-state index is 15.4. The number of carbonyl (C=O) groups is 2. The van der Waals surface area contributed by atoms with Gasteiger partial charge in [0, 0.05) is 26.6 Å². The highest BCUT2D eigenvalue weighted by atomic mass is 31.2. The van der Waals surface area contributed by atoms with Crippen molar-refractivity contribution in [2.24, 2.45) is 0 Å². The lowest BCUT2D eigenvalue weighted by molar-refractivity contribution is -0.174. The Morgan fingerprint density at radius 2 is 2.00 bits per heavy atom. The van der Waals surface area contributed by atoms with Crippen LogP contribution in [-0.2, 0) is 32.9 Å². The molecule has 2 saturated heterocycles. The van der Waals surface area contributed by atoms with E-state index in [2.05, 4.69) is 15.4 Å². The second-order valence-corrected chi connectivity index (χ2v) is 10.0. The first-order chi connectivity index (χ1) is 18.0. The van der Waals surface area contributed by atoms with Crippen LogP contribution in [0.3, 0.4) is 0 Å². The number of esters is 2. The third-order valence-electron chi connectivity index (χ3n) is 5.61. The number of nitrogens with one attached hydrogen (secondary N) is 2. The van der Waals surface area contributed by atoms with Crippen molar-refractivity contribution in [2.75, 3.05) is 25.6 Å². The summed E-state index contributed by atoms with van der Waals surface area (Å²) in [7, 11) is -2.91. The van der Waals surface area contributed by atoms with Crippen LogP contribution in [0.4, 0.5) is 14.6 Å². The molecule has 1 aromatic carbocycles. The summed E-state index contributed by atoms with van der Waals surface area (Å²) in [5.74, 6) is -5.41. The molecule has 1 unspecified atom stereocenters. The van der Waals surface area contributed by atoms with Gasteiger partial charge in [-0.1, -0.05) is 18.2 Å². The maximum Gasteiger partial charge on any atom is 0.459 e. The minimum atomic E-state index is -4.40. The summed E-state index contributed by atoms with van der Waals surface area (Å²) in [5, 5.41) is 5.08. The number of hydrogen-bond acceptors (Lipinski definition) is 11. The molecule has 2 fully saturated rings. The number of benzene rings is 1. The van der Waals surface area contributed by atoms with Gasteiger partial charge in [0.05, 0.1) is 13.2 Å². The second kappa shape index (κ2) is 11.2. The first-order valence-electron chi connectivity index (χ1n) is 11.4. The van der Waals surface area contributed by atoms with Gasteiger partial charge < -0.3 is 24.1 Å². The van der Waals surface area contributed by atoms with Gasteiger partial charge in [-0.25, -0.2) is 9.36 Å². The lowest BCUT2D eigenvalue weighted by atomic mass is 10.1. The van der Waals surface area contributed by atoms with E-state index in [0.717, 1.165) is 13.1 Å². The number of aromatic nitrogens is 2. The molecule has 206 valence electrons. The molecule has 0 bridgehead atoms. The number of rotatable bonds is 10. The number of alkyl halides is 2. The van der Waals surface area contributed by atoms with Crippen LogP contribution in [0.25, 0.3) is 0 Å². The number of carbonyl (C=O) groups excluding carboxylic acids is 2. The number of ether oxygens (including phenoxy) is 3. The Morgan fingerprint density at radius 1 is 1.26 bits per heavy atom. The summed E-state index contributed by atoms with van der Waals surface area (Å²) in [6, 6.07) is 8.04. The van der Waals surface area contributed by atoms with Gasteiger partial charge in [-0.2, -0.15) is 18.9 Å². The summed E-state index contributed by atoms with van der Waals surface area (Å²) in [5.41, 5.74) is -1.05. The van der Waals surface area contributed by atoms with Gasteiger partial charge in [0.1, 0.15) is 23.7 Å². The minimum absolute atomic E-state index is 0.0745. The third-order valence-corrected chi connectivity index (χ3v) is 7.18. The topological polar surface area (TPSA) is 156 Å². The summed E-state index contributed by atoms with van der Waals surface area (Å²) in [6.07, 6.45) is -4.93. The molecular weight excluding hydrogens is 533 g/mol. The standard InChI is InChI=1S/C22H25F2N4O9P/c1-13(29)35-18-16(36-20(22(18,23)24)28-10-8-17(25-2)26-21(28)31)12-34-38(32,27-15-9-11-33-19(15)30)37-14-6-4-3-5-7-14/h3-8,10,15-16,18,20H,9,11-12H2,1-2H3,(H,27,32)(H,25,26,31)/t15-,16+,18+,20+,38?/m0/s1. The number of cyclic esters (lactones) is 1. The maximum atomic E-state index is 15.4. The van der Waals surface area contributed by atoms with Gasteiger partial charge in [0.15, 0.2) is 6.10 Å². The van der Waals surface area contributed by atoms with Crippen molar-refractivity contribution in [3.8, 4) is 5.75 Å². The van der Waals surface area contributed by atoms with Crippen LogP contribution in [0.1, 0.15) is 19.6 Å². The van der Waals surface area contributed by atoms with E-state index >= 15 is 8.78 Å². The summed E-state index contributed by atoms with van der Waals surface area (Å²) < 4.78 is 71.1. The zero-order valence-corrected chi connectivity index (χ0v) is 21.1. The Balaban J connectivity index is 1.59. The Hall–Kier alpha value is -3.39. The van der Waals surface area contributed by atoms with Crippen LogP contribution in [0.15, 0.2) is 47.4 Å². The molecule has 3 heterocycles. The summed E-state index contributed by atoms with van der Waals surface area (Å²) >= 11 is 0. The SMILES string of the molecule is CNc1ccn([C@@H]2O[C@H](COP(=O)(N[C@H]3CCOC3=O)Oc3ccccc3)[C@@H](OC(C)=O)C2(F)F)c(=O)n1. The van der Waals surface area contributed by atoms with Crippen molar-refractivity contribution in [3.05, 3.63) is 53.1 Å². The van der Waals surface area contributed by atoms with Crippen LogP contribution in [0.2, 0.25) is 0 Å². The molecule has 4 rings (SSSR count). The van der Waals surface area contributed by atoms with Crippen molar-refractivity contribution < 1.29 is 46.2 Å². The predicted molar refractivity (Wildman–Crippen MR) is 126 cm³/mol. The molecule has 1 aromatic heterocycles. The number of hydrogen-bond donors (Lipinski definition) is 2. The highest BCUT2D eigenvalue weighted by Crippen LogP contribution is 2.49. The van der Waals surface area contributed by atoms with Gasteiger partial charge in [-0.05, 0) is 18.2 Å². The Morgan fingerprint density at radius 3 is 2.61 bits per heavy atom. The smallest absolute Gasteiger partial charge is 0.459 e. The Kier molecular flexibility index (Phi) is 8.11. The quantitative estimate of drug-likeness (QED) is 0.323. The van der Waals surface area contributed by atoms with Crippen LogP contribution < -0.4 is 20.6 Å². The average molecular weight is 558 g/mol. The predicted octanol–water partition coefficient (Wildman–Crippen LogP) is 1.86. The number of halogens is 2. The van der Waals surface area contributed by atoms with Gasteiger partial charge in [0.25, 0.3) is 0 Å². The van der Waals surface area contributed by atoms with Gasteiger partial charge >= 0.3 is 31.3 Å².